The van der Waals surface area contributed by atoms with Crippen LogP contribution in [0.15, 0.2) is 65.7 Å². The van der Waals surface area contributed by atoms with Gasteiger partial charge < -0.3 is 5.73 Å². The van der Waals surface area contributed by atoms with E-state index in [-0.39, 0.29) is 5.82 Å². The molecule has 0 fully saturated rings. The lowest BCUT2D eigenvalue weighted by Crippen LogP contribution is -2.30. The van der Waals surface area contributed by atoms with E-state index in [2.05, 4.69) is 26.6 Å². The van der Waals surface area contributed by atoms with Crippen molar-refractivity contribution >= 4 is 26.7 Å². The molecular weight excluding hydrogens is 472 g/mol. The van der Waals surface area contributed by atoms with Crippen molar-refractivity contribution in [2.75, 3.05) is 4.72 Å². The average Bonchev–Trinajstić information content (AvgIpc) is 3.14. The van der Waals surface area contributed by atoms with Crippen LogP contribution in [-0.2, 0) is 16.6 Å². The molecule has 0 atom stereocenters. The number of pyridine rings is 1. The number of nitrogens with zero attached hydrogens (tertiary/aromatic N) is 3. The van der Waals surface area contributed by atoms with Crippen molar-refractivity contribution in [3.05, 3.63) is 83.7 Å². The molecule has 7 nitrogen and oxygen atoms in total. The minimum Gasteiger partial charge on any atom is -0.325 e. The van der Waals surface area contributed by atoms with E-state index < -0.39 is 32.2 Å². The Balaban J connectivity index is 1.64. The number of nitrogens with one attached hydrogen (secondary N) is 1. The van der Waals surface area contributed by atoms with Crippen molar-refractivity contribution in [2.45, 2.75) is 37.2 Å². The van der Waals surface area contributed by atoms with E-state index in [0.717, 1.165) is 23.3 Å². The van der Waals surface area contributed by atoms with Crippen LogP contribution < -0.4 is 10.5 Å². The fraction of sp³-hybridized carbons (Fsp3) is 0.200. The molecule has 0 saturated heterocycles. The third kappa shape index (κ3) is 5.82. The molecule has 180 valence electrons. The first-order valence-electron chi connectivity index (χ1n) is 10.7. The first-order chi connectivity index (χ1) is 16.5. The molecule has 4 aromatic rings. The number of anilines is 1. The van der Waals surface area contributed by atoms with Gasteiger partial charge in [-0.3, -0.25) is 9.40 Å². The molecule has 10 heteroatoms. The van der Waals surface area contributed by atoms with Gasteiger partial charge in [0, 0.05) is 29.0 Å². The van der Waals surface area contributed by atoms with E-state index in [1.54, 1.807) is 4.68 Å². The summed E-state index contributed by atoms with van der Waals surface area (Å²) in [6, 6.07) is 13.5. The Morgan fingerprint density at radius 2 is 1.89 bits per heavy atom. The lowest BCUT2D eigenvalue weighted by molar-refractivity contribution is 0.536. The van der Waals surface area contributed by atoms with Crippen LogP contribution in [0.2, 0.25) is 0 Å². The second-order valence-corrected chi connectivity index (χ2v) is 10.4. The van der Waals surface area contributed by atoms with Gasteiger partial charge in [0.2, 0.25) is 5.95 Å². The third-order valence-corrected chi connectivity index (χ3v) is 6.41. The number of hydrogen-bond donors (Lipinski definition) is 2. The minimum atomic E-state index is -4.35. The highest BCUT2D eigenvalue weighted by Crippen LogP contribution is 2.25. The van der Waals surface area contributed by atoms with Gasteiger partial charge in [0.1, 0.15) is 16.5 Å². The van der Waals surface area contributed by atoms with Crippen LogP contribution in [0.5, 0.6) is 0 Å². The Kier molecular flexibility index (Phi) is 6.56. The molecule has 0 saturated carbocycles. The molecule has 2 heterocycles. The van der Waals surface area contributed by atoms with Gasteiger partial charge in [-0.05, 0) is 43.7 Å². The number of benzene rings is 2. The summed E-state index contributed by atoms with van der Waals surface area (Å²) in [7, 11) is -4.35. The smallest absolute Gasteiger partial charge is 0.265 e. The highest BCUT2D eigenvalue weighted by atomic mass is 32.2. The molecule has 35 heavy (non-hydrogen) atoms. The molecule has 0 unspecified atom stereocenters. The Morgan fingerprint density at radius 3 is 2.63 bits per heavy atom. The molecular formula is C25H23F2N5O2S. The summed E-state index contributed by atoms with van der Waals surface area (Å²) >= 11 is 0. The molecule has 0 aliphatic carbocycles. The zero-order valence-electron chi connectivity index (χ0n) is 19.1. The minimum absolute atomic E-state index is 0.254. The van der Waals surface area contributed by atoms with Crippen LogP contribution in [0.25, 0.3) is 10.9 Å². The summed E-state index contributed by atoms with van der Waals surface area (Å²) in [6.45, 7) is 4.10. The summed E-state index contributed by atoms with van der Waals surface area (Å²) in [5.74, 6) is 4.13. The first kappa shape index (κ1) is 24.3. The van der Waals surface area contributed by atoms with Crippen LogP contribution in [0.1, 0.15) is 31.4 Å². The number of sulfonamides is 1. The summed E-state index contributed by atoms with van der Waals surface area (Å²) in [4.78, 5) is 2.86. The molecule has 3 N–H and O–H groups in total. The molecule has 0 amide bonds. The Morgan fingerprint density at radius 1 is 1.11 bits per heavy atom. The van der Waals surface area contributed by atoms with Crippen molar-refractivity contribution in [3.63, 3.8) is 0 Å². The molecule has 0 bridgehead atoms. The van der Waals surface area contributed by atoms with Crippen LogP contribution in [-0.4, -0.2) is 28.7 Å². The maximum atomic E-state index is 15.0. The fourth-order valence-electron chi connectivity index (χ4n) is 3.38. The maximum Gasteiger partial charge on any atom is 0.265 e. The Labute approximate surface area is 202 Å². The van der Waals surface area contributed by atoms with Crippen molar-refractivity contribution in [2.24, 2.45) is 5.73 Å². The van der Waals surface area contributed by atoms with Gasteiger partial charge >= 0.3 is 0 Å². The highest BCUT2D eigenvalue weighted by molar-refractivity contribution is 7.92. The van der Waals surface area contributed by atoms with E-state index in [9.17, 15) is 17.2 Å². The molecule has 0 aliphatic heterocycles. The van der Waals surface area contributed by atoms with E-state index in [0.29, 0.717) is 23.9 Å². The Hall–Kier alpha value is -3.81. The van der Waals surface area contributed by atoms with Crippen LogP contribution in [0.3, 0.4) is 0 Å². The van der Waals surface area contributed by atoms with Crippen LogP contribution in [0.4, 0.5) is 14.6 Å². The monoisotopic (exact) mass is 495 g/mol. The normalized spacial score (nSPS) is 11.8. The summed E-state index contributed by atoms with van der Waals surface area (Å²) in [5, 5.41) is 4.74. The summed E-state index contributed by atoms with van der Waals surface area (Å²) < 4.78 is 57.4. The number of aromatic nitrogens is 3. The van der Waals surface area contributed by atoms with Crippen molar-refractivity contribution < 1.29 is 17.2 Å². The van der Waals surface area contributed by atoms with Gasteiger partial charge in [0.15, 0.2) is 0 Å². The SMILES string of the molecule is CC(C)(N)CC#Cc1ccccc1Cn1ncc2cc(S(=O)(=O)Nc3cccc(F)n3)c(F)cc21. The predicted octanol–water partition coefficient (Wildman–Crippen LogP) is 4.04. The Bertz CT molecular complexity index is 1560. The number of hydrogen-bond acceptors (Lipinski definition) is 5. The molecule has 0 aliphatic rings. The summed E-state index contributed by atoms with van der Waals surface area (Å²) in [6.07, 6.45) is 1.98. The van der Waals surface area contributed by atoms with Gasteiger partial charge in [-0.25, -0.2) is 17.8 Å². The predicted molar refractivity (Wildman–Crippen MR) is 130 cm³/mol. The van der Waals surface area contributed by atoms with Gasteiger partial charge in [-0.1, -0.05) is 36.1 Å². The zero-order valence-corrected chi connectivity index (χ0v) is 19.9. The lowest BCUT2D eigenvalue weighted by atomic mass is 10.0. The van der Waals surface area contributed by atoms with E-state index in [1.165, 1.54) is 24.4 Å². The number of nitrogens with two attached hydrogens (primary N) is 1. The standard InChI is InChI=1S/C25H23F2N5O2S/c1-25(2,28)12-6-9-17-7-3-4-8-18(17)16-32-21-14-20(26)22(13-19(21)15-29-32)35(33,34)31-24-11-5-10-23(27)30-24/h3-5,7-8,10-11,13-15H,12,16,28H2,1-2H3,(H,30,31). The summed E-state index contributed by atoms with van der Waals surface area (Å²) in [5.41, 5.74) is 7.67. The van der Waals surface area contributed by atoms with Gasteiger partial charge in [0.05, 0.1) is 18.3 Å². The van der Waals surface area contributed by atoms with Crippen molar-refractivity contribution in [1.82, 2.24) is 14.8 Å². The molecule has 2 aromatic heterocycles. The highest BCUT2D eigenvalue weighted by Gasteiger charge is 2.22. The molecule has 0 spiro atoms. The van der Waals surface area contributed by atoms with E-state index >= 15 is 0 Å². The number of fused-ring (bicyclic) bond motifs is 1. The number of rotatable bonds is 6. The second kappa shape index (κ2) is 9.44. The zero-order chi connectivity index (χ0) is 25.2. The van der Waals surface area contributed by atoms with Crippen LogP contribution in [0, 0.1) is 23.6 Å². The van der Waals surface area contributed by atoms with Crippen molar-refractivity contribution in [3.8, 4) is 11.8 Å². The topological polar surface area (TPSA) is 103 Å². The largest absolute Gasteiger partial charge is 0.325 e. The molecule has 0 radical (unpaired) electrons. The average molecular weight is 496 g/mol. The van der Waals surface area contributed by atoms with Crippen LogP contribution >= 0.6 is 0 Å². The second-order valence-electron chi connectivity index (χ2n) is 8.72. The van der Waals surface area contributed by atoms with Gasteiger partial charge in [-0.2, -0.15) is 9.49 Å². The lowest BCUT2D eigenvalue weighted by Gasteiger charge is -2.13. The van der Waals surface area contributed by atoms with Crippen molar-refractivity contribution in [1.29, 1.82) is 0 Å². The third-order valence-electron chi connectivity index (χ3n) is 5.04. The maximum absolute atomic E-state index is 15.0. The molecule has 2 aromatic carbocycles. The van der Waals surface area contributed by atoms with Gasteiger partial charge in [0.25, 0.3) is 10.0 Å². The molecule has 4 rings (SSSR count). The van der Waals surface area contributed by atoms with E-state index in [4.69, 9.17) is 5.73 Å². The quantitative estimate of drug-likeness (QED) is 0.311. The first-order valence-corrected chi connectivity index (χ1v) is 12.2. The van der Waals surface area contributed by atoms with E-state index in [1.807, 2.05) is 38.1 Å². The number of halogens is 2. The van der Waals surface area contributed by atoms with Gasteiger partial charge in [-0.15, -0.1) is 0 Å². The fourth-order valence-corrected chi connectivity index (χ4v) is 4.47.